The predicted octanol–water partition coefficient (Wildman–Crippen LogP) is 9.91. The highest BCUT2D eigenvalue weighted by Gasteiger charge is 2.78. The molecule has 0 aliphatic heterocycles. The Morgan fingerprint density at radius 3 is 0.565 bits per heavy atom. The Bertz CT molecular complexity index is 403. The highest BCUT2D eigenvalue weighted by molar-refractivity contribution is 9.11. The van der Waals surface area contributed by atoms with Crippen molar-refractivity contribution in [2.45, 2.75) is 28.2 Å². The molecule has 0 spiro atoms. The zero-order chi connectivity index (χ0) is 19.5. The van der Waals surface area contributed by atoms with Crippen molar-refractivity contribution in [2.75, 3.05) is 0 Å². The average molecular weight is 740 g/mol. The first-order valence-electron chi connectivity index (χ1n) is 4.52. The topological polar surface area (TPSA) is 0 Å². The number of rotatable bonds is 6. The summed E-state index contributed by atoms with van der Waals surface area (Å²) >= 11 is 89.3. The Labute approximate surface area is 219 Å². The summed E-state index contributed by atoms with van der Waals surface area (Å²) in [6.07, 6.45) is 0. The number of alkyl halides is 16. The van der Waals surface area contributed by atoms with Crippen LogP contribution in [0.2, 0.25) is 0 Å². The zero-order valence-electron chi connectivity index (χ0n) is 9.55. The van der Waals surface area contributed by atoms with Crippen LogP contribution >= 0.6 is 194 Å². The maximum absolute atomic E-state index is 6.12. The quantitative estimate of drug-likeness (QED) is 0.238. The minimum absolute atomic E-state index is 2.17. The van der Waals surface area contributed by atoms with Crippen molar-refractivity contribution in [3.63, 3.8) is 0 Å². The Morgan fingerprint density at radius 2 is 0.435 bits per heavy atom. The molecule has 0 saturated carbocycles. The van der Waals surface area contributed by atoms with E-state index in [0.29, 0.717) is 0 Å². The lowest BCUT2D eigenvalue weighted by molar-refractivity contribution is 0.502. The van der Waals surface area contributed by atoms with E-state index in [2.05, 4.69) is 31.9 Å². The maximum Gasteiger partial charge on any atom is 0.207 e. The van der Waals surface area contributed by atoms with Gasteiger partial charge in [0.1, 0.15) is 0 Å². The molecule has 0 aromatic rings. The Morgan fingerprint density at radius 1 is 0.304 bits per heavy atom. The highest BCUT2D eigenvalue weighted by Crippen LogP contribution is 2.71. The largest absolute Gasteiger partial charge is 0.207 e. The monoisotopic (exact) mass is 731 g/mol. The summed E-state index contributed by atoms with van der Waals surface area (Å²) in [4.78, 5) is 0. The minimum Gasteiger partial charge on any atom is -0.0946 e. The van der Waals surface area contributed by atoms with E-state index in [0.717, 1.165) is 0 Å². The van der Waals surface area contributed by atoms with E-state index in [-0.39, 0.29) is 0 Å². The summed E-state index contributed by atoms with van der Waals surface area (Å²) in [5.41, 5.74) is 0. The van der Waals surface area contributed by atoms with Crippen molar-refractivity contribution in [1.29, 1.82) is 0 Å². The van der Waals surface area contributed by atoms with E-state index in [9.17, 15) is 0 Å². The lowest BCUT2D eigenvalue weighted by Crippen LogP contribution is -2.67. The van der Waals surface area contributed by atoms with Gasteiger partial charge < -0.3 is 0 Å². The molecule has 23 heavy (non-hydrogen) atoms. The molecule has 0 unspecified atom stereocenters. The van der Waals surface area contributed by atoms with Gasteiger partial charge in [0.25, 0.3) is 0 Å². The van der Waals surface area contributed by atoms with E-state index in [1.807, 2.05) is 0 Å². The lowest BCUT2D eigenvalue weighted by Gasteiger charge is -2.52. The number of hydrogen-bond acceptors (Lipinski definition) is 0. The molecular weight excluding hydrogens is 740 g/mol. The summed E-state index contributed by atoms with van der Waals surface area (Å²) in [5, 5.41) is 0. The first-order valence-corrected chi connectivity index (χ1v) is 11.4. The minimum atomic E-state index is -2.75. The van der Waals surface area contributed by atoms with Crippen LogP contribution in [0.1, 0.15) is 0 Å². The first-order chi connectivity index (χ1) is 9.50. The van der Waals surface area contributed by atoms with Gasteiger partial charge in [0.05, 0.1) is 0 Å². The van der Waals surface area contributed by atoms with E-state index in [4.69, 9.17) is 162 Å². The van der Waals surface area contributed by atoms with E-state index < -0.39 is 28.2 Å². The molecule has 0 radical (unpaired) electrons. The molecule has 0 aliphatic rings. The third-order valence-corrected chi connectivity index (χ3v) is 13.5. The first kappa shape index (κ1) is 28.0. The van der Waals surface area contributed by atoms with Crippen LogP contribution in [0.15, 0.2) is 0 Å². The second-order valence-corrected chi connectivity index (χ2v) is 17.4. The molecular formula is C7Br2Cl14. The van der Waals surface area contributed by atoms with Crippen molar-refractivity contribution >= 4 is 194 Å². The Kier molecular flexibility index (Phi) is 10.1. The fourth-order valence-electron chi connectivity index (χ4n) is 0.948. The van der Waals surface area contributed by atoms with Gasteiger partial charge in [-0.25, -0.2) is 0 Å². The number of halogens is 16. The maximum atomic E-state index is 6.12. The lowest BCUT2D eigenvalue weighted by atomic mass is 10.1. The van der Waals surface area contributed by atoms with Gasteiger partial charge in [-0.3, -0.25) is 0 Å². The van der Waals surface area contributed by atoms with Gasteiger partial charge in [-0.15, -0.1) is 0 Å². The summed E-state index contributed by atoms with van der Waals surface area (Å²) in [6.45, 7) is 0. The molecule has 0 amide bonds. The third-order valence-electron chi connectivity index (χ3n) is 2.29. The molecule has 0 saturated heterocycles. The van der Waals surface area contributed by atoms with Gasteiger partial charge in [0.15, 0.2) is 21.7 Å². The molecule has 0 heterocycles. The molecule has 16 heteroatoms. The Balaban J connectivity index is 6.37. The van der Waals surface area contributed by atoms with Crippen molar-refractivity contribution < 1.29 is 0 Å². The molecule has 0 fully saturated rings. The second kappa shape index (κ2) is 8.27. The smallest absolute Gasteiger partial charge is 0.0946 e. The average Bonchev–Trinajstić information content (AvgIpc) is 2.24. The van der Waals surface area contributed by atoms with Crippen LogP contribution in [0.3, 0.4) is 0 Å². The molecule has 0 N–H and O–H groups in total. The second-order valence-electron chi connectivity index (χ2n) is 3.87. The fourth-order valence-corrected chi connectivity index (χ4v) is 5.80. The van der Waals surface area contributed by atoms with Crippen LogP contribution in [0.4, 0.5) is 0 Å². The molecule has 0 aromatic heterocycles. The van der Waals surface area contributed by atoms with Crippen molar-refractivity contribution in [1.82, 2.24) is 0 Å². The molecule has 140 valence electrons. The highest BCUT2D eigenvalue weighted by atomic mass is 79.9. The normalized spacial score (nSPS) is 16.7. The van der Waals surface area contributed by atoms with E-state index in [1.54, 1.807) is 0 Å². The van der Waals surface area contributed by atoms with E-state index >= 15 is 0 Å². The molecule has 0 rings (SSSR count). The van der Waals surface area contributed by atoms with Gasteiger partial charge in [-0.1, -0.05) is 162 Å². The fraction of sp³-hybridized carbons (Fsp3) is 1.00. The van der Waals surface area contributed by atoms with Crippen LogP contribution < -0.4 is 0 Å². The van der Waals surface area contributed by atoms with Crippen molar-refractivity contribution in [2.24, 2.45) is 0 Å². The van der Waals surface area contributed by atoms with Crippen LogP contribution in [0.25, 0.3) is 0 Å². The molecule has 0 bridgehead atoms. The van der Waals surface area contributed by atoms with Crippen molar-refractivity contribution in [3.8, 4) is 0 Å². The number of hydrogen-bond donors (Lipinski definition) is 0. The zero-order valence-corrected chi connectivity index (χ0v) is 23.3. The van der Waals surface area contributed by atoms with Crippen molar-refractivity contribution in [3.05, 3.63) is 0 Å². The SMILES string of the molecule is ClC(Cl)(Br)C(Cl)(Cl)C(Cl)(Cl)C(Cl)(Cl)C(Cl)(Cl)C(Cl)(Cl)C(Cl)(Cl)Br. The van der Waals surface area contributed by atoms with Gasteiger partial charge in [0, 0.05) is 0 Å². The van der Waals surface area contributed by atoms with E-state index in [1.165, 1.54) is 0 Å². The molecule has 0 aromatic carbocycles. The van der Waals surface area contributed by atoms with Crippen LogP contribution in [0, 0.1) is 0 Å². The Hall–Kier alpha value is 5.02. The van der Waals surface area contributed by atoms with Crippen LogP contribution in [-0.4, -0.2) is 28.2 Å². The predicted molar refractivity (Wildman–Crippen MR) is 119 cm³/mol. The van der Waals surface area contributed by atoms with Crippen LogP contribution in [-0.2, 0) is 0 Å². The summed E-state index contributed by atoms with van der Waals surface area (Å²) < 4.78 is -17.5. The summed E-state index contributed by atoms with van der Waals surface area (Å²) in [7, 11) is 0. The van der Waals surface area contributed by atoms with Gasteiger partial charge in [0.2, 0.25) is 6.49 Å². The summed E-state index contributed by atoms with van der Waals surface area (Å²) in [5.74, 6) is 0. The van der Waals surface area contributed by atoms with Gasteiger partial charge >= 0.3 is 0 Å². The third kappa shape index (κ3) is 4.86. The van der Waals surface area contributed by atoms with Crippen LogP contribution in [0.5, 0.6) is 0 Å². The molecule has 0 aliphatic carbocycles. The van der Waals surface area contributed by atoms with Gasteiger partial charge in [-0.05, 0) is 31.9 Å². The summed E-state index contributed by atoms with van der Waals surface area (Å²) in [6, 6.07) is 0. The van der Waals surface area contributed by atoms with Gasteiger partial charge in [-0.2, -0.15) is 0 Å². The molecule has 0 atom stereocenters. The molecule has 0 nitrogen and oxygen atoms in total. The standard InChI is InChI=1S/C7Br2Cl14/c8-6(20,21)4(16,17)2(12,13)1(10,11)3(14,15)5(18,19)7(9,22)23.